The van der Waals surface area contributed by atoms with Crippen LogP contribution in [0, 0.1) is 0 Å². The van der Waals surface area contributed by atoms with Crippen molar-refractivity contribution in [1.29, 1.82) is 0 Å². The van der Waals surface area contributed by atoms with Gasteiger partial charge in [0.15, 0.2) is 5.78 Å². The van der Waals surface area contributed by atoms with E-state index in [1.54, 1.807) is 12.1 Å². The molecule has 0 N–H and O–H groups in total. The molecule has 0 atom stereocenters. The second kappa shape index (κ2) is 6.90. The largest absolute Gasteiger partial charge is 0.438 e. The van der Waals surface area contributed by atoms with E-state index >= 15 is 0 Å². The van der Waals surface area contributed by atoms with Gasteiger partial charge in [-0.3, -0.25) is 4.79 Å². The number of carbonyl (C=O) groups is 1. The molecule has 0 saturated heterocycles. The number of nitrogens with zero attached hydrogens (tertiary/aromatic N) is 2. The number of halogens is 3. The first-order valence-corrected chi connectivity index (χ1v) is 8.13. The number of rotatable bonds is 3. The van der Waals surface area contributed by atoms with Crippen LogP contribution >= 0.6 is 0 Å². The molecule has 0 aliphatic carbocycles. The van der Waals surface area contributed by atoms with Gasteiger partial charge in [-0.05, 0) is 55.5 Å². The Balaban J connectivity index is 2.16. The summed E-state index contributed by atoms with van der Waals surface area (Å²) in [5.41, 5.74) is 1.15. The number of Topliss-reactive ketones (excluding diaryl/α,β-unsaturated/α-hetero) is 1. The van der Waals surface area contributed by atoms with Gasteiger partial charge in [0.1, 0.15) is 5.58 Å². The first-order chi connectivity index (χ1) is 12.6. The number of carbonyl (C=O) groups excluding carboxylic acids is 1. The fourth-order valence-corrected chi connectivity index (χ4v) is 2.58. The lowest BCUT2D eigenvalue weighted by molar-refractivity contribution is -0.137. The zero-order valence-electron chi connectivity index (χ0n) is 15.0. The highest BCUT2D eigenvalue weighted by Crippen LogP contribution is 2.31. The van der Waals surface area contributed by atoms with E-state index in [2.05, 4.69) is 4.99 Å². The molecule has 0 aliphatic heterocycles. The summed E-state index contributed by atoms with van der Waals surface area (Å²) in [7, 11) is 3.82. The highest BCUT2D eigenvalue weighted by molar-refractivity contribution is 5.96. The number of fused-ring (bicyclic) bond motifs is 1. The molecule has 7 heteroatoms. The van der Waals surface area contributed by atoms with Gasteiger partial charge in [0, 0.05) is 25.2 Å². The summed E-state index contributed by atoms with van der Waals surface area (Å²) in [5.74, 6) is -0.346. The van der Waals surface area contributed by atoms with Crippen molar-refractivity contribution in [3.8, 4) is 0 Å². The summed E-state index contributed by atoms with van der Waals surface area (Å²) in [6.07, 6.45) is -4.47. The highest BCUT2D eigenvalue weighted by atomic mass is 19.4. The van der Waals surface area contributed by atoms with Crippen LogP contribution in [0.1, 0.15) is 22.8 Å². The smallest absolute Gasteiger partial charge is 0.416 e. The molecule has 0 radical (unpaired) electrons. The third-order valence-electron chi connectivity index (χ3n) is 4.05. The standard InChI is InChI=1S/C20H17F3N2O2/c1-12(26)17-11-13-10-14(20(21,22)23)4-9-18(13)27-19(17)24-15-5-7-16(8-6-15)25(2)3/h4-11H,1-3H3. The van der Waals surface area contributed by atoms with Crippen LogP contribution in [0.4, 0.5) is 24.5 Å². The predicted octanol–water partition coefficient (Wildman–Crippen LogP) is 4.95. The number of ketones is 1. The van der Waals surface area contributed by atoms with Gasteiger partial charge >= 0.3 is 6.18 Å². The third kappa shape index (κ3) is 4.02. The average Bonchev–Trinajstić information content (AvgIpc) is 2.60. The van der Waals surface area contributed by atoms with Crippen molar-refractivity contribution in [2.24, 2.45) is 4.99 Å². The lowest BCUT2D eigenvalue weighted by Crippen LogP contribution is -2.13. The maximum Gasteiger partial charge on any atom is 0.416 e. The summed E-state index contributed by atoms with van der Waals surface area (Å²) < 4.78 is 44.4. The Bertz CT molecular complexity index is 1070. The SMILES string of the molecule is CC(=O)c1cc2cc(C(F)(F)F)ccc2oc1=Nc1ccc(N(C)C)cc1. The Kier molecular flexibility index (Phi) is 4.78. The molecule has 3 rings (SSSR count). The molecule has 0 spiro atoms. The van der Waals surface area contributed by atoms with Gasteiger partial charge in [0.05, 0.1) is 16.8 Å². The summed E-state index contributed by atoms with van der Waals surface area (Å²) in [5, 5.41) is 0.192. The highest BCUT2D eigenvalue weighted by Gasteiger charge is 2.30. The summed E-state index contributed by atoms with van der Waals surface area (Å²) in [6, 6.07) is 11.8. The average molecular weight is 374 g/mol. The molecule has 0 unspecified atom stereocenters. The molecule has 0 amide bonds. The second-order valence-corrected chi connectivity index (χ2v) is 6.29. The Labute approximate surface area is 153 Å². The lowest BCUT2D eigenvalue weighted by Gasteiger charge is -2.11. The topological polar surface area (TPSA) is 45.8 Å². The minimum absolute atomic E-state index is 0.0624. The van der Waals surface area contributed by atoms with Gasteiger partial charge in [0.25, 0.3) is 0 Å². The van der Waals surface area contributed by atoms with E-state index in [1.807, 2.05) is 31.1 Å². The van der Waals surface area contributed by atoms with Crippen LogP contribution in [0.25, 0.3) is 11.0 Å². The molecule has 3 aromatic rings. The van der Waals surface area contributed by atoms with Crippen molar-refractivity contribution in [2.75, 3.05) is 19.0 Å². The quantitative estimate of drug-likeness (QED) is 0.609. The molecular formula is C20H17F3N2O2. The monoisotopic (exact) mass is 374 g/mol. The molecule has 0 aliphatic rings. The van der Waals surface area contributed by atoms with Crippen molar-refractivity contribution in [3.63, 3.8) is 0 Å². The number of alkyl halides is 3. The first-order valence-electron chi connectivity index (χ1n) is 8.13. The molecule has 1 aromatic heterocycles. The molecule has 4 nitrogen and oxygen atoms in total. The maximum absolute atomic E-state index is 12.9. The molecule has 2 aromatic carbocycles. The zero-order chi connectivity index (χ0) is 19.8. The van der Waals surface area contributed by atoms with Gasteiger partial charge in [-0.1, -0.05) is 0 Å². The summed E-state index contributed by atoms with van der Waals surface area (Å²) in [4.78, 5) is 18.3. The fourth-order valence-electron chi connectivity index (χ4n) is 2.58. The number of hydrogen-bond donors (Lipinski definition) is 0. The van der Waals surface area contributed by atoms with Crippen LogP contribution in [0.15, 0.2) is 57.9 Å². The van der Waals surface area contributed by atoms with Crippen molar-refractivity contribution < 1.29 is 22.4 Å². The van der Waals surface area contributed by atoms with Gasteiger partial charge in [-0.15, -0.1) is 0 Å². The molecule has 140 valence electrons. The minimum Gasteiger partial charge on any atom is -0.438 e. The van der Waals surface area contributed by atoms with Gasteiger partial charge < -0.3 is 9.32 Å². The Morgan fingerprint density at radius 1 is 1.04 bits per heavy atom. The molecule has 1 heterocycles. The Morgan fingerprint density at radius 2 is 1.70 bits per heavy atom. The van der Waals surface area contributed by atoms with E-state index < -0.39 is 11.7 Å². The van der Waals surface area contributed by atoms with Crippen LogP contribution in [0.5, 0.6) is 0 Å². The minimum atomic E-state index is -4.47. The van der Waals surface area contributed by atoms with E-state index in [9.17, 15) is 18.0 Å². The Morgan fingerprint density at radius 3 is 2.26 bits per heavy atom. The van der Waals surface area contributed by atoms with E-state index in [4.69, 9.17) is 4.42 Å². The van der Waals surface area contributed by atoms with Crippen LogP contribution in [-0.2, 0) is 6.18 Å². The Hall–Kier alpha value is -3.09. The first kappa shape index (κ1) is 18.7. The molecule has 0 fully saturated rings. The van der Waals surface area contributed by atoms with Crippen molar-refractivity contribution in [3.05, 3.63) is 65.2 Å². The van der Waals surface area contributed by atoms with Crippen molar-refractivity contribution >= 4 is 28.1 Å². The molecular weight excluding hydrogens is 357 g/mol. The van der Waals surface area contributed by atoms with E-state index in [1.165, 1.54) is 19.1 Å². The van der Waals surface area contributed by atoms with Crippen LogP contribution in [0.3, 0.4) is 0 Å². The maximum atomic E-state index is 12.9. The number of anilines is 1. The van der Waals surface area contributed by atoms with Crippen LogP contribution < -0.4 is 10.5 Å². The molecule has 0 saturated carbocycles. The number of benzene rings is 2. The molecule has 27 heavy (non-hydrogen) atoms. The zero-order valence-corrected chi connectivity index (χ0v) is 15.0. The van der Waals surface area contributed by atoms with Gasteiger partial charge in [-0.2, -0.15) is 13.2 Å². The summed E-state index contributed by atoms with van der Waals surface area (Å²) >= 11 is 0. The fraction of sp³-hybridized carbons (Fsp3) is 0.200. The summed E-state index contributed by atoms with van der Waals surface area (Å²) in [6.45, 7) is 1.32. The van der Waals surface area contributed by atoms with E-state index in [0.29, 0.717) is 5.69 Å². The predicted molar refractivity (Wildman–Crippen MR) is 97.2 cm³/mol. The van der Waals surface area contributed by atoms with Gasteiger partial charge in [-0.25, -0.2) is 4.99 Å². The normalized spacial score (nSPS) is 12.4. The van der Waals surface area contributed by atoms with Crippen molar-refractivity contribution in [2.45, 2.75) is 13.1 Å². The second-order valence-electron chi connectivity index (χ2n) is 6.29. The third-order valence-corrected chi connectivity index (χ3v) is 4.05. The number of hydrogen-bond acceptors (Lipinski definition) is 4. The van der Waals surface area contributed by atoms with E-state index in [-0.39, 0.29) is 27.9 Å². The van der Waals surface area contributed by atoms with Crippen molar-refractivity contribution in [1.82, 2.24) is 0 Å². The molecule has 0 bridgehead atoms. The van der Waals surface area contributed by atoms with Crippen LogP contribution in [0.2, 0.25) is 0 Å². The van der Waals surface area contributed by atoms with Gasteiger partial charge in [0.2, 0.25) is 5.55 Å². The van der Waals surface area contributed by atoms with E-state index in [0.717, 1.165) is 17.8 Å². The lowest BCUT2D eigenvalue weighted by atomic mass is 10.1. The van der Waals surface area contributed by atoms with Crippen LogP contribution in [-0.4, -0.2) is 19.9 Å².